The molecule has 6 nitrogen and oxygen atoms in total. The molecule has 0 heterocycles. The van der Waals surface area contributed by atoms with Gasteiger partial charge >= 0.3 is 0 Å². The van der Waals surface area contributed by atoms with E-state index in [0.29, 0.717) is 17.0 Å². The van der Waals surface area contributed by atoms with Crippen molar-refractivity contribution >= 4 is 27.5 Å². The molecule has 1 amide bonds. The summed E-state index contributed by atoms with van der Waals surface area (Å²) in [6.07, 6.45) is 1.75. The number of hydrogen-bond donors (Lipinski definition) is 1. The van der Waals surface area contributed by atoms with E-state index in [1.165, 1.54) is 0 Å². The lowest BCUT2D eigenvalue weighted by Crippen LogP contribution is -2.41. The monoisotopic (exact) mass is 438 g/mol. The molecule has 0 aromatic heterocycles. The summed E-state index contributed by atoms with van der Waals surface area (Å²) in [5, 5.41) is 3.39. The Morgan fingerprint density at radius 1 is 1.24 bits per heavy atom. The molecule has 1 N–H and O–H groups in total. The van der Waals surface area contributed by atoms with E-state index in [0.717, 1.165) is 27.4 Å². The zero-order valence-corrected chi connectivity index (χ0v) is 18.7. The lowest BCUT2D eigenvalue weighted by Gasteiger charge is -2.23. The average molecular weight is 439 g/mol. The third kappa shape index (κ3) is 6.45. The van der Waals surface area contributed by atoms with Gasteiger partial charge in [0.15, 0.2) is 0 Å². The van der Waals surface area contributed by atoms with E-state index >= 15 is 0 Å². The molecule has 0 saturated carbocycles. The van der Waals surface area contributed by atoms with E-state index in [1.54, 1.807) is 31.4 Å². The Labute approximate surface area is 177 Å². The highest BCUT2D eigenvalue weighted by Crippen LogP contribution is 2.24. The smallest absolute Gasteiger partial charge is 0.235 e. The van der Waals surface area contributed by atoms with Gasteiger partial charge in [0, 0.05) is 11.6 Å². The molecule has 1 unspecified atom stereocenters. The van der Waals surface area contributed by atoms with Gasteiger partial charge in [-0.2, -0.15) is 4.31 Å². The van der Waals surface area contributed by atoms with E-state index in [2.05, 4.69) is 5.32 Å². The van der Waals surface area contributed by atoms with E-state index in [-0.39, 0.29) is 25.0 Å². The van der Waals surface area contributed by atoms with Gasteiger partial charge in [0.1, 0.15) is 5.75 Å². The summed E-state index contributed by atoms with van der Waals surface area (Å²) in [6, 6.07) is 12.5. The van der Waals surface area contributed by atoms with Crippen LogP contribution in [0.4, 0.5) is 0 Å². The zero-order valence-electron chi connectivity index (χ0n) is 17.1. The van der Waals surface area contributed by atoms with Crippen molar-refractivity contribution in [3.63, 3.8) is 0 Å². The van der Waals surface area contributed by atoms with E-state index in [1.807, 2.05) is 32.0 Å². The number of nitrogens with zero attached hydrogens (tertiary/aromatic N) is 1. The number of ether oxygens (including phenoxy) is 1. The standard InChI is InChI=1S/C21H27ClN2O4S/c1-5-19(16-10-11-20(28-3)15(2)12-16)23-21(25)14-24(29(4,26)27)13-17-8-6-7-9-18(17)22/h6-12,19H,5,13-14H2,1-4H3,(H,23,25). The van der Waals surface area contributed by atoms with Crippen LogP contribution in [0.15, 0.2) is 42.5 Å². The summed E-state index contributed by atoms with van der Waals surface area (Å²) < 4.78 is 30.8. The number of amides is 1. The van der Waals surface area contributed by atoms with Crippen LogP contribution in [0.5, 0.6) is 5.75 Å². The number of hydrogen-bond acceptors (Lipinski definition) is 4. The van der Waals surface area contributed by atoms with Crippen molar-refractivity contribution in [2.24, 2.45) is 0 Å². The SMILES string of the molecule is CCC(NC(=O)CN(Cc1ccccc1Cl)S(C)(=O)=O)c1ccc(OC)c(C)c1. The maximum atomic E-state index is 12.7. The van der Waals surface area contributed by atoms with Crippen molar-refractivity contribution in [3.05, 3.63) is 64.2 Å². The van der Waals surface area contributed by atoms with Crippen LogP contribution in [0.1, 0.15) is 36.1 Å². The van der Waals surface area contributed by atoms with Gasteiger partial charge in [-0.25, -0.2) is 8.42 Å². The second-order valence-corrected chi connectivity index (χ2v) is 9.27. The Morgan fingerprint density at radius 3 is 2.48 bits per heavy atom. The summed E-state index contributed by atoms with van der Waals surface area (Å²) in [4.78, 5) is 12.7. The number of carbonyl (C=O) groups excluding carboxylic acids is 1. The van der Waals surface area contributed by atoms with E-state index in [4.69, 9.17) is 16.3 Å². The molecule has 0 aliphatic rings. The predicted molar refractivity (Wildman–Crippen MR) is 116 cm³/mol. The van der Waals surface area contributed by atoms with Crippen molar-refractivity contribution in [2.45, 2.75) is 32.9 Å². The van der Waals surface area contributed by atoms with Gasteiger partial charge in [0.25, 0.3) is 0 Å². The predicted octanol–water partition coefficient (Wildman–Crippen LogP) is 3.69. The minimum absolute atomic E-state index is 0.0321. The van der Waals surface area contributed by atoms with E-state index in [9.17, 15) is 13.2 Å². The first kappa shape index (κ1) is 23.2. The number of methoxy groups -OCH3 is 1. The van der Waals surface area contributed by atoms with Crippen LogP contribution in [0.3, 0.4) is 0 Å². The molecule has 0 aliphatic heterocycles. The lowest BCUT2D eigenvalue weighted by molar-refractivity contribution is -0.122. The van der Waals surface area contributed by atoms with Crippen LogP contribution in [0, 0.1) is 6.92 Å². The minimum Gasteiger partial charge on any atom is -0.496 e. The molecule has 1 atom stereocenters. The quantitative estimate of drug-likeness (QED) is 0.647. The second kappa shape index (κ2) is 10.1. The molecular formula is C21H27ClN2O4S. The van der Waals surface area contributed by atoms with Crippen molar-refractivity contribution in [2.75, 3.05) is 19.9 Å². The van der Waals surface area contributed by atoms with Crippen molar-refractivity contribution < 1.29 is 17.9 Å². The highest BCUT2D eigenvalue weighted by molar-refractivity contribution is 7.88. The van der Waals surface area contributed by atoms with Crippen molar-refractivity contribution in [1.82, 2.24) is 9.62 Å². The molecule has 8 heteroatoms. The second-order valence-electron chi connectivity index (χ2n) is 6.88. The topological polar surface area (TPSA) is 75.7 Å². The summed E-state index contributed by atoms with van der Waals surface area (Å²) in [7, 11) is -1.99. The molecule has 0 saturated heterocycles. The maximum Gasteiger partial charge on any atom is 0.235 e. The molecule has 0 fully saturated rings. The van der Waals surface area contributed by atoms with Crippen molar-refractivity contribution in [3.8, 4) is 5.75 Å². The molecule has 158 valence electrons. The molecular weight excluding hydrogens is 412 g/mol. The molecule has 2 aromatic carbocycles. The minimum atomic E-state index is -3.60. The number of aryl methyl sites for hydroxylation is 1. The van der Waals surface area contributed by atoms with Crippen LogP contribution < -0.4 is 10.1 Å². The molecule has 0 radical (unpaired) electrons. The van der Waals surface area contributed by atoms with Crippen molar-refractivity contribution in [1.29, 1.82) is 0 Å². The Morgan fingerprint density at radius 2 is 1.93 bits per heavy atom. The van der Waals surface area contributed by atoms with Gasteiger partial charge in [-0.15, -0.1) is 0 Å². The average Bonchev–Trinajstić information content (AvgIpc) is 2.66. The highest BCUT2D eigenvalue weighted by Gasteiger charge is 2.23. The number of sulfonamides is 1. The third-order valence-electron chi connectivity index (χ3n) is 4.66. The van der Waals surface area contributed by atoms with Gasteiger partial charge in [-0.05, 0) is 42.2 Å². The zero-order chi connectivity index (χ0) is 21.6. The van der Waals surface area contributed by atoms with Crippen LogP contribution in [-0.4, -0.2) is 38.5 Å². The Bertz CT molecular complexity index is 963. The maximum absolute atomic E-state index is 12.7. The number of nitrogens with one attached hydrogen (secondary N) is 1. The highest BCUT2D eigenvalue weighted by atomic mass is 35.5. The lowest BCUT2D eigenvalue weighted by atomic mass is 10.0. The van der Waals surface area contributed by atoms with Gasteiger partial charge < -0.3 is 10.1 Å². The first-order chi connectivity index (χ1) is 13.7. The fourth-order valence-corrected chi connectivity index (χ4v) is 3.97. The van der Waals surface area contributed by atoms with Gasteiger partial charge in [0.2, 0.25) is 15.9 Å². The normalized spacial score (nSPS) is 12.6. The summed E-state index contributed by atoms with van der Waals surface area (Å²) >= 11 is 6.15. The first-order valence-electron chi connectivity index (χ1n) is 9.28. The molecule has 2 aromatic rings. The fourth-order valence-electron chi connectivity index (χ4n) is 3.05. The molecule has 0 spiro atoms. The Balaban J connectivity index is 2.14. The Kier molecular flexibility index (Phi) is 8.07. The van der Waals surface area contributed by atoms with Gasteiger partial charge in [-0.3, -0.25) is 4.79 Å². The number of benzene rings is 2. The Hall–Kier alpha value is -2.09. The summed E-state index contributed by atoms with van der Waals surface area (Å²) in [5.41, 5.74) is 2.55. The molecule has 0 aliphatic carbocycles. The van der Waals surface area contributed by atoms with Gasteiger partial charge in [-0.1, -0.05) is 48.9 Å². The largest absolute Gasteiger partial charge is 0.496 e. The van der Waals surface area contributed by atoms with Crippen LogP contribution in [0.2, 0.25) is 5.02 Å². The number of rotatable bonds is 9. The molecule has 0 bridgehead atoms. The van der Waals surface area contributed by atoms with E-state index < -0.39 is 10.0 Å². The number of carbonyl (C=O) groups is 1. The summed E-state index contributed by atoms with van der Waals surface area (Å²) in [5.74, 6) is 0.403. The summed E-state index contributed by atoms with van der Waals surface area (Å²) in [6.45, 7) is 3.65. The number of halogens is 1. The first-order valence-corrected chi connectivity index (χ1v) is 11.5. The van der Waals surface area contributed by atoms with Gasteiger partial charge in [0.05, 0.1) is 26.0 Å². The van der Waals surface area contributed by atoms with Crippen LogP contribution in [0.25, 0.3) is 0 Å². The van der Waals surface area contributed by atoms with Crippen LogP contribution in [-0.2, 0) is 21.4 Å². The fraction of sp³-hybridized carbons (Fsp3) is 0.381. The molecule has 29 heavy (non-hydrogen) atoms. The van der Waals surface area contributed by atoms with Crippen LogP contribution >= 0.6 is 11.6 Å². The molecule has 2 rings (SSSR count). The third-order valence-corrected chi connectivity index (χ3v) is 6.22.